The Balaban J connectivity index is 2.24. The fraction of sp³-hybridized carbons (Fsp3) is 0.308. The van der Waals surface area contributed by atoms with Gasteiger partial charge in [0.25, 0.3) is 0 Å². The first kappa shape index (κ1) is 12.0. The van der Waals surface area contributed by atoms with Crippen molar-refractivity contribution in [1.82, 2.24) is 0 Å². The molecule has 1 aromatic carbocycles. The summed E-state index contributed by atoms with van der Waals surface area (Å²) in [7, 11) is 0. The Hall–Kier alpha value is -1.08. The Bertz CT molecular complexity index is 314. The minimum atomic E-state index is 0.658. The third-order valence-electron chi connectivity index (χ3n) is 2.13. The van der Waals surface area contributed by atoms with E-state index in [4.69, 9.17) is 11.6 Å². The van der Waals surface area contributed by atoms with Gasteiger partial charge in [0.2, 0.25) is 0 Å². The van der Waals surface area contributed by atoms with Crippen LogP contribution in [-0.4, -0.2) is 6.29 Å². The summed E-state index contributed by atoms with van der Waals surface area (Å²) in [6.45, 7) is 0. The number of carbonyl (C=O) groups is 1. The number of allylic oxidation sites excluding steroid dienone is 2. The van der Waals surface area contributed by atoms with Gasteiger partial charge < -0.3 is 4.79 Å². The van der Waals surface area contributed by atoms with Gasteiger partial charge in [-0.05, 0) is 37.0 Å². The lowest BCUT2D eigenvalue weighted by molar-refractivity contribution is -0.107. The summed E-state index contributed by atoms with van der Waals surface area (Å²) >= 11 is 5.78. The molecule has 0 unspecified atom stereocenters. The van der Waals surface area contributed by atoms with Crippen molar-refractivity contribution >= 4 is 17.9 Å². The van der Waals surface area contributed by atoms with Crippen molar-refractivity contribution in [3.63, 3.8) is 0 Å². The van der Waals surface area contributed by atoms with Crippen LogP contribution in [0.1, 0.15) is 24.8 Å². The fourth-order valence-corrected chi connectivity index (χ4v) is 1.40. The molecule has 0 heterocycles. The van der Waals surface area contributed by atoms with Crippen molar-refractivity contribution < 1.29 is 4.79 Å². The normalized spacial score (nSPS) is 10.7. The Morgan fingerprint density at radius 2 is 1.80 bits per heavy atom. The van der Waals surface area contributed by atoms with Gasteiger partial charge in [-0.2, -0.15) is 0 Å². The van der Waals surface area contributed by atoms with Gasteiger partial charge in [-0.25, -0.2) is 0 Å². The van der Waals surface area contributed by atoms with E-state index in [0.29, 0.717) is 6.42 Å². The third kappa shape index (κ3) is 5.38. The zero-order valence-corrected chi connectivity index (χ0v) is 9.41. The lowest BCUT2D eigenvalue weighted by atomic mass is 10.1. The van der Waals surface area contributed by atoms with Crippen LogP contribution in [0.3, 0.4) is 0 Å². The van der Waals surface area contributed by atoms with Crippen LogP contribution in [0.4, 0.5) is 0 Å². The van der Waals surface area contributed by atoms with Gasteiger partial charge >= 0.3 is 0 Å². The monoisotopic (exact) mass is 222 g/mol. The third-order valence-corrected chi connectivity index (χ3v) is 2.38. The molecule has 15 heavy (non-hydrogen) atoms. The van der Waals surface area contributed by atoms with E-state index in [0.717, 1.165) is 30.6 Å². The van der Waals surface area contributed by atoms with Gasteiger partial charge in [0.05, 0.1) is 0 Å². The molecule has 1 aromatic rings. The molecule has 0 saturated heterocycles. The minimum Gasteiger partial charge on any atom is -0.303 e. The van der Waals surface area contributed by atoms with Gasteiger partial charge in [-0.1, -0.05) is 35.9 Å². The maximum absolute atomic E-state index is 10.1. The molecule has 0 saturated carbocycles. The van der Waals surface area contributed by atoms with E-state index in [-0.39, 0.29) is 0 Å². The van der Waals surface area contributed by atoms with E-state index in [1.165, 1.54) is 5.56 Å². The standard InChI is InChI=1S/C13H15ClO/c14-13-9-7-12(8-10-13)6-4-2-1-3-5-11-15/h2,4,7-11H,1,3,5-6H2/b4-2+. The molecule has 0 aliphatic heterocycles. The van der Waals surface area contributed by atoms with E-state index in [2.05, 4.69) is 12.2 Å². The van der Waals surface area contributed by atoms with Crippen molar-refractivity contribution in [3.8, 4) is 0 Å². The summed E-state index contributed by atoms with van der Waals surface area (Å²) in [5, 5.41) is 0.772. The van der Waals surface area contributed by atoms with Crippen LogP contribution in [0.5, 0.6) is 0 Å². The van der Waals surface area contributed by atoms with Crippen LogP contribution in [0.25, 0.3) is 0 Å². The zero-order chi connectivity index (χ0) is 10.9. The predicted molar refractivity (Wildman–Crippen MR) is 64.2 cm³/mol. The number of benzene rings is 1. The van der Waals surface area contributed by atoms with Crippen LogP contribution >= 0.6 is 11.6 Å². The molecule has 80 valence electrons. The molecular weight excluding hydrogens is 208 g/mol. The van der Waals surface area contributed by atoms with Gasteiger partial charge in [0.15, 0.2) is 0 Å². The SMILES string of the molecule is O=CCCC/C=C/Cc1ccc(Cl)cc1. The van der Waals surface area contributed by atoms with Gasteiger partial charge in [0, 0.05) is 11.4 Å². The van der Waals surface area contributed by atoms with Crippen LogP contribution in [-0.2, 0) is 11.2 Å². The largest absolute Gasteiger partial charge is 0.303 e. The number of rotatable bonds is 6. The quantitative estimate of drug-likeness (QED) is 0.407. The molecule has 0 spiro atoms. The molecule has 0 N–H and O–H groups in total. The lowest BCUT2D eigenvalue weighted by Crippen LogP contribution is -1.80. The van der Waals surface area contributed by atoms with E-state index >= 15 is 0 Å². The Morgan fingerprint density at radius 1 is 1.07 bits per heavy atom. The fourth-order valence-electron chi connectivity index (χ4n) is 1.28. The molecule has 0 bridgehead atoms. The molecule has 0 aliphatic rings. The zero-order valence-electron chi connectivity index (χ0n) is 8.66. The van der Waals surface area contributed by atoms with Crippen LogP contribution in [0.15, 0.2) is 36.4 Å². The number of hydrogen-bond donors (Lipinski definition) is 0. The van der Waals surface area contributed by atoms with Crippen LogP contribution in [0.2, 0.25) is 5.02 Å². The highest BCUT2D eigenvalue weighted by atomic mass is 35.5. The smallest absolute Gasteiger partial charge is 0.120 e. The van der Waals surface area contributed by atoms with Gasteiger partial charge in [-0.3, -0.25) is 0 Å². The van der Waals surface area contributed by atoms with E-state index < -0.39 is 0 Å². The number of carbonyl (C=O) groups excluding carboxylic acids is 1. The Morgan fingerprint density at radius 3 is 2.47 bits per heavy atom. The van der Waals surface area contributed by atoms with Crippen LogP contribution < -0.4 is 0 Å². The number of aldehydes is 1. The average molecular weight is 223 g/mol. The lowest BCUT2D eigenvalue weighted by Gasteiger charge is -1.96. The summed E-state index contributed by atoms with van der Waals surface area (Å²) in [5.41, 5.74) is 1.26. The molecule has 0 fully saturated rings. The Kier molecular flexibility index (Phi) is 5.79. The maximum atomic E-state index is 10.1. The van der Waals surface area contributed by atoms with E-state index in [1.807, 2.05) is 24.3 Å². The summed E-state index contributed by atoms with van der Waals surface area (Å²) < 4.78 is 0. The summed E-state index contributed by atoms with van der Waals surface area (Å²) in [6.07, 6.45) is 8.73. The second-order valence-electron chi connectivity index (χ2n) is 3.40. The molecule has 0 atom stereocenters. The second kappa shape index (κ2) is 7.24. The van der Waals surface area contributed by atoms with Crippen LogP contribution in [0, 0.1) is 0 Å². The average Bonchev–Trinajstić information content (AvgIpc) is 2.26. The topological polar surface area (TPSA) is 17.1 Å². The molecule has 2 heteroatoms. The van der Waals surface area contributed by atoms with Crippen molar-refractivity contribution in [2.45, 2.75) is 25.7 Å². The number of unbranched alkanes of at least 4 members (excludes halogenated alkanes) is 2. The molecule has 1 rings (SSSR count). The minimum absolute atomic E-state index is 0.658. The number of hydrogen-bond acceptors (Lipinski definition) is 1. The summed E-state index contributed by atoms with van der Waals surface area (Å²) in [6, 6.07) is 7.85. The van der Waals surface area contributed by atoms with Gasteiger partial charge in [-0.15, -0.1) is 0 Å². The predicted octanol–water partition coefficient (Wildman–Crippen LogP) is 3.81. The molecule has 0 radical (unpaired) electrons. The summed E-state index contributed by atoms with van der Waals surface area (Å²) in [4.78, 5) is 10.1. The Labute approximate surface area is 95.8 Å². The highest BCUT2D eigenvalue weighted by Gasteiger charge is 1.89. The highest BCUT2D eigenvalue weighted by molar-refractivity contribution is 6.30. The van der Waals surface area contributed by atoms with Gasteiger partial charge in [0.1, 0.15) is 6.29 Å². The van der Waals surface area contributed by atoms with E-state index in [1.54, 1.807) is 0 Å². The van der Waals surface area contributed by atoms with E-state index in [9.17, 15) is 4.79 Å². The molecule has 0 aromatic heterocycles. The first-order chi connectivity index (χ1) is 7.33. The molecule has 0 amide bonds. The maximum Gasteiger partial charge on any atom is 0.120 e. The highest BCUT2D eigenvalue weighted by Crippen LogP contribution is 2.10. The molecular formula is C13H15ClO. The molecule has 1 nitrogen and oxygen atoms in total. The first-order valence-electron chi connectivity index (χ1n) is 5.16. The summed E-state index contributed by atoms with van der Waals surface area (Å²) in [5.74, 6) is 0. The van der Waals surface area contributed by atoms with Crippen molar-refractivity contribution in [2.75, 3.05) is 0 Å². The molecule has 0 aliphatic carbocycles. The van der Waals surface area contributed by atoms with Crippen molar-refractivity contribution in [3.05, 3.63) is 47.0 Å². The second-order valence-corrected chi connectivity index (χ2v) is 3.84. The number of halogens is 1. The van der Waals surface area contributed by atoms with Crippen molar-refractivity contribution in [2.24, 2.45) is 0 Å². The van der Waals surface area contributed by atoms with Crippen molar-refractivity contribution in [1.29, 1.82) is 0 Å². The first-order valence-corrected chi connectivity index (χ1v) is 5.54.